The third kappa shape index (κ3) is 2.56. The van der Waals surface area contributed by atoms with Gasteiger partial charge in [0, 0.05) is 6.61 Å². The summed E-state index contributed by atoms with van der Waals surface area (Å²) in [6, 6.07) is 11.9. The molecule has 1 atom stereocenters. The highest BCUT2D eigenvalue weighted by Gasteiger charge is 2.30. The molecular formula is C12H16N2O. The lowest BCUT2D eigenvalue weighted by Crippen LogP contribution is -2.43. The molecule has 0 radical (unpaired) electrons. The summed E-state index contributed by atoms with van der Waals surface area (Å²) in [7, 11) is 1.77. The number of rotatable bonds is 5. The highest BCUT2D eigenvalue weighted by molar-refractivity contribution is 5.31. The quantitative estimate of drug-likeness (QED) is 0.793. The van der Waals surface area contributed by atoms with E-state index in [9.17, 15) is 5.26 Å². The average molecular weight is 204 g/mol. The summed E-state index contributed by atoms with van der Waals surface area (Å²) < 4.78 is 5.35. The monoisotopic (exact) mass is 204 g/mol. The van der Waals surface area contributed by atoms with Crippen molar-refractivity contribution in [3.8, 4) is 6.07 Å². The van der Waals surface area contributed by atoms with Crippen LogP contribution in [-0.4, -0.2) is 20.3 Å². The lowest BCUT2D eigenvalue weighted by Gasteiger charge is -2.26. The molecule has 3 nitrogen and oxygen atoms in total. The fourth-order valence-corrected chi connectivity index (χ4v) is 1.43. The molecule has 0 aliphatic rings. The first kappa shape index (κ1) is 11.7. The van der Waals surface area contributed by atoms with Crippen LogP contribution in [0.25, 0.3) is 0 Å². The van der Waals surface area contributed by atoms with Gasteiger partial charge in [-0.2, -0.15) is 5.26 Å². The van der Waals surface area contributed by atoms with E-state index in [1.54, 1.807) is 7.05 Å². The molecule has 1 aromatic rings. The van der Waals surface area contributed by atoms with E-state index in [1.807, 2.05) is 37.3 Å². The van der Waals surface area contributed by atoms with Gasteiger partial charge in [-0.3, -0.25) is 5.32 Å². The van der Waals surface area contributed by atoms with Crippen LogP contribution in [0.4, 0.5) is 0 Å². The Morgan fingerprint density at radius 3 is 2.53 bits per heavy atom. The van der Waals surface area contributed by atoms with Crippen molar-refractivity contribution in [3.63, 3.8) is 0 Å². The lowest BCUT2D eigenvalue weighted by molar-refractivity contribution is 0.102. The van der Waals surface area contributed by atoms with Crippen molar-refractivity contribution < 1.29 is 4.74 Å². The van der Waals surface area contributed by atoms with Crippen LogP contribution in [0.3, 0.4) is 0 Å². The Bertz CT molecular complexity index is 331. The summed E-state index contributed by atoms with van der Waals surface area (Å²) in [6.45, 7) is 2.89. The summed E-state index contributed by atoms with van der Waals surface area (Å²) >= 11 is 0. The zero-order valence-electron chi connectivity index (χ0n) is 9.16. The van der Waals surface area contributed by atoms with E-state index >= 15 is 0 Å². The van der Waals surface area contributed by atoms with Crippen molar-refractivity contribution in [1.29, 1.82) is 5.26 Å². The van der Waals surface area contributed by atoms with Crippen molar-refractivity contribution in [3.05, 3.63) is 35.9 Å². The lowest BCUT2D eigenvalue weighted by atomic mass is 9.92. The van der Waals surface area contributed by atoms with Crippen LogP contribution in [-0.2, 0) is 10.3 Å². The zero-order valence-corrected chi connectivity index (χ0v) is 9.16. The topological polar surface area (TPSA) is 45.0 Å². The Labute approximate surface area is 90.7 Å². The van der Waals surface area contributed by atoms with Gasteiger partial charge in [0.2, 0.25) is 0 Å². The van der Waals surface area contributed by atoms with E-state index in [0.717, 1.165) is 5.56 Å². The fraction of sp³-hybridized carbons (Fsp3) is 0.417. The number of likely N-dealkylation sites (N-methyl/N-ethyl adjacent to an activating group) is 1. The van der Waals surface area contributed by atoms with Gasteiger partial charge in [-0.25, -0.2) is 0 Å². The van der Waals surface area contributed by atoms with E-state index in [2.05, 4.69) is 11.4 Å². The Kier molecular flexibility index (Phi) is 4.29. The minimum absolute atomic E-state index is 0.362. The highest BCUT2D eigenvalue weighted by atomic mass is 16.5. The van der Waals surface area contributed by atoms with Crippen LogP contribution in [0.5, 0.6) is 0 Å². The number of hydrogen-bond acceptors (Lipinski definition) is 3. The molecule has 0 saturated heterocycles. The molecule has 0 fully saturated rings. The number of ether oxygens (including phenoxy) is 1. The van der Waals surface area contributed by atoms with E-state index < -0.39 is 5.54 Å². The Hall–Kier alpha value is -1.37. The van der Waals surface area contributed by atoms with E-state index in [4.69, 9.17) is 4.74 Å². The minimum atomic E-state index is -0.739. The molecule has 0 bridgehead atoms. The van der Waals surface area contributed by atoms with Crippen LogP contribution in [0.1, 0.15) is 12.5 Å². The molecule has 1 unspecified atom stereocenters. The first-order valence-corrected chi connectivity index (χ1v) is 5.02. The van der Waals surface area contributed by atoms with Crippen molar-refractivity contribution in [2.24, 2.45) is 0 Å². The predicted molar refractivity (Wildman–Crippen MR) is 59.3 cm³/mol. The van der Waals surface area contributed by atoms with E-state index in [0.29, 0.717) is 13.2 Å². The van der Waals surface area contributed by atoms with Gasteiger partial charge < -0.3 is 4.74 Å². The van der Waals surface area contributed by atoms with E-state index in [1.165, 1.54) is 0 Å². The third-order valence-corrected chi connectivity index (χ3v) is 2.41. The Morgan fingerprint density at radius 1 is 1.40 bits per heavy atom. The molecule has 0 heterocycles. The molecule has 0 amide bonds. The highest BCUT2D eigenvalue weighted by Crippen LogP contribution is 2.20. The van der Waals surface area contributed by atoms with E-state index in [-0.39, 0.29) is 0 Å². The van der Waals surface area contributed by atoms with Crippen molar-refractivity contribution in [2.45, 2.75) is 12.5 Å². The maximum absolute atomic E-state index is 9.26. The molecule has 0 aliphatic heterocycles. The Balaban J connectivity index is 2.96. The van der Waals surface area contributed by atoms with Crippen LogP contribution in [0, 0.1) is 11.3 Å². The molecule has 1 N–H and O–H groups in total. The normalized spacial score (nSPS) is 14.2. The number of nitrogens with one attached hydrogen (secondary N) is 1. The zero-order chi connectivity index (χ0) is 11.1. The predicted octanol–water partition coefficient (Wildman–Crippen LogP) is 1.66. The van der Waals surface area contributed by atoms with Gasteiger partial charge in [-0.15, -0.1) is 0 Å². The second-order valence-corrected chi connectivity index (χ2v) is 3.27. The number of benzene rings is 1. The fourth-order valence-electron chi connectivity index (χ4n) is 1.43. The molecule has 3 heteroatoms. The molecule has 1 rings (SSSR count). The average Bonchev–Trinajstić information content (AvgIpc) is 2.33. The molecule has 0 saturated carbocycles. The van der Waals surface area contributed by atoms with Crippen LogP contribution in [0.2, 0.25) is 0 Å². The van der Waals surface area contributed by atoms with Gasteiger partial charge in [0.15, 0.2) is 5.54 Å². The molecule has 0 spiro atoms. The molecular weight excluding hydrogens is 188 g/mol. The summed E-state index contributed by atoms with van der Waals surface area (Å²) in [5.41, 5.74) is 0.195. The summed E-state index contributed by atoms with van der Waals surface area (Å²) in [5, 5.41) is 12.3. The van der Waals surface area contributed by atoms with Gasteiger partial charge in [0.05, 0.1) is 12.7 Å². The van der Waals surface area contributed by atoms with Crippen LogP contribution < -0.4 is 5.32 Å². The van der Waals surface area contributed by atoms with Gasteiger partial charge in [0.25, 0.3) is 0 Å². The van der Waals surface area contributed by atoms with Gasteiger partial charge in [-0.1, -0.05) is 30.3 Å². The smallest absolute Gasteiger partial charge is 0.155 e. The van der Waals surface area contributed by atoms with Crippen molar-refractivity contribution in [1.82, 2.24) is 5.32 Å². The second kappa shape index (κ2) is 5.50. The number of nitrogens with zero attached hydrogens (tertiary/aromatic N) is 1. The Morgan fingerprint density at radius 2 is 2.07 bits per heavy atom. The van der Waals surface area contributed by atoms with Crippen molar-refractivity contribution >= 4 is 0 Å². The van der Waals surface area contributed by atoms with Crippen LogP contribution in [0.15, 0.2) is 30.3 Å². The molecule has 0 aromatic heterocycles. The third-order valence-electron chi connectivity index (χ3n) is 2.41. The maximum atomic E-state index is 9.26. The first-order chi connectivity index (χ1) is 7.29. The van der Waals surface area contributed by atoms with Gasteiger partial charge in [-0.05, 0) is 19.5 Å². The minimum Gasteiger partial charge on any atom is -0.378 e. The first-order valence-electron chi connectivity index (χ1n) is 5.02. The molecule has 0 aliphatic carbocycles. The second-order valence-electron chi connectivity index (χ2n) is 3.27. The largest absolute Gasteiger partial charge is 0.378 e. The van der Waals surface area contributed by atoms with Crippen molar-refractivity contribution in [2.75, 3.05) is 20.3 Å². The SMILES string of the molecule is CCOCC(C#N)(NC)c1ccccc1. The molecule has 1 aromatic carbocycles. The van der Waals surface area contributed by atoms with Gasteiger partial charge in [0.1, 0.15) is 0 Å². The number of nitriles is 1. The van der Waals surface area contributed by atoms with Gasteiger partial charge >= 0.3 is 0 Å². The number of hydrogen-bond donors (Lipinski definition) is 1. The molecule has 80 valence electrons. The maximum Gasteiger partial charge on any atom is 0.155 e. The standard InChI is InChI=1S/C12H16N2O/c1-3-15-10-12(9-13,14-2)11-7-5-4-6-8-11/h4-8,14H,3,10H2,1-2H3. The molecule has 15 heavy (non-hydrogen) atoms. The van der Waals surface area contributed by atoms with Crippen LogP contribution >= 0.6 is 0 Å². The summed E-state index contributed by atoms with van der Waals surface area (Å²) in [5.74, 6) is 0. The summed E-state index contributed by atoms with van der Waals surface area (Å²) in [4.78, 5) is 0. The summed E-state index contributed by atoms with van der Waals surface area (Å²) in [6.07, 6.45) is 0.